The summed E-state index contributed by atoms with van der Waals surface area (Å²) in [5.74, 6) is 0.101. The monoisotopic (exact) mass is 435 g/mol. The molecule has 158 valence electrons. The lowest BCUT2D eigenvalue weighted by Gasteiger charge is -2.34. The van der Waals surface area contributed by atoms with E-state index in [0.29, 0.717) is 31.1 Å². The molecular formula is C24H22ClN3O3. The number of fused-ring (bicyclic) bond motifs is 3. The molecule has 3 aromatic rings. The van der Waals surface area contributed by atoms with Crippen molar-refractivity contribution in [2.24, 2.45) is 10.9 Å². The third-order valence-corrected chi connectivity index (χ3v) is 6.10. The highest BCUT2D eigenvalue weighted by Gasteiger charge is 2.29. The molecule has 2 N–H and O–H groups in total. The highest BCUT2D eigenvalue weighted by atomic mass is 35.5. The Morgan fingerprint density at radius 3 is 2.77 bits per heavy atom. The summed E-state index contributed by atoms with van der Waals surface area (Å²) in [4.78, 5) is 10.6. The van der Waals surface area contributed by atoms with Crippen LogP contribution in [0.4, 0.5) is 5.69 Å². The van der Waals surface area contributed by atoms with Crippen molar-refractivity contribution in [3.05, 3.63) is 82.5 Å². The van der Waals surface area contributed by atoms with E-state index < -0.39 is 6.23 Å². The van der Waals surface area contributed by atoms with E-state index in [2.05, 4.69) is 16.0 Å². The zero-order valence-electron chi connectivity index (χ0n) is 16.8. The van der Waals surface area contributed by atoms with E-state index in [0.717, 1.165) is 33.2 Å². The van der Waals surface area contributed by atoms with E-state index >= 15 is 0 Å². The average Bonchev–Trinajstić information content (AvgIpc) is 2.79. The first-order valence-electron chi connectivity index (χ1n) is 10.2. The van der Waals surface area contributed by atoms with Crippen LogP contribution in [0, 0.1) is 5.92 Å². The van der Waals surface area contributed by atoms with Crippen LogP contribution in [0.1, 0.15) is 29.3 Å². The Balaban J connectivity index is 1.52. The van der Waals surface area contributed by atoms with Gasteiger partial charge in [0.2, 0.25) is 0 Å². The van der Waals surface area contributed by atoms with Crippen LogP contribution in [-0.4, -0.2) is 39.6 Å². The molecule has 31 heavy (non-hydrogen) atoms. The van der Waals surface area contributed by atoms with Gasteiger partial charge in [0.25, 0.3) is 0 Å². The summed E-state index contributed by atoms with van der Waals surface area (Å²) in [6.45, 7) is 1.01. The van der Waals surface area contributed by atoms with Crippen molar-refractivity contribution in [2.45, 2.75) is 19.1 Å². The fourth-order valence-electron chi connectivity index (χ4n) is 4.24. The summed E-state index contributed by atoms with van der Waals surface area (Å²) in [7, 11) is 0. The van der Waals surface area contributed by atoms with Crippen molar-refractivity contribution in [2.75, 3.05) is 13.2 Å². The van der Waals surface area contributed by atoms with Crippen LogP contribution < -0.4 is 0 Å². The molecule has 2 aromatic carbocycles. The number of ether oxygens (including phenoxy) is 1. The molecule has 0 spiro atoms. The van der Waals surface area contributed by atoms with Crippen molar-refractivity contribution >= 4 is 34.4 Å². The second kappa shape index (κ2) is 8.21. The van der Waals surface area contributed by atoms with Gasteiger partial charge in [0.15, 0.2) is 6.23 Å². The third kappa shape index (κ3) is 3.84. The number of aliphatic imine (C=N–C) groups is 1. The largest absolute Gasteiger partial charge is 0.509 e. The fourth-order valence-corrected chi connectivity index (χ4v) is 4.35. The van der Waals surface area contributed by atoms with Gasteiger partial charge in [-0.25, -0.2) is 9.98 Å². The molecule has 1 aromatic heterocycles. The summed E-state index contributed by atoms with van der Waals surface area (Å²) < 4.78 is 5.17. The quantitative estimate of drug-likeness (QED) is 0.571. The molecule has 0 aliphatic carbocycles. The Morgan fingerprint density at radius 1 is 1.16 bits per heavy atom. The van der Waals surface area contributed by atoms with E-state index in [-0.39, 0.29) is 11.7 Å². The van der Waals surface area contributed by atoms with Crippen LogP contribution in [0.5, 0.6) is 0 Å². The lowest BCUT2D eigenvalue weighted by molar-refractivity contribution is 0.0363. The zero-order valence-corrected chi connectivity index (χ0v) is 17.5. The zero-order chi connectivity index (χ0) is 21.4. The number of aromatic nitrogens is 1. The summed E-state index contributed by atoms with van der Waals surface area (Å²) in [6.07, 6.45) is 5.34. The van der Waals surface area contributed by atoms with Gasteiger partial charge in [-0.3, -0.25) is 0 Å². The van der Waals surface area contributed by atoms with Gasteiger partial charge in [0.05, 0.1) is 18.6 Å². The summed E-state index contributed by atoms with van der Waals surface area (Å²) in [5, 5.41) is 23.9. The molecule has 6 nitrogen and oxygen atoms in total. The Hall–Kier alpha value is -3.09. The maximum atomic E-state index is 11.2. The average molecular weight is 436 g/mol. The molecule has 7 heteroatoms. The number of hydrogen-bond donors (Lipinski definition) is 2. The van der Waals surface area contributed by atoms with Gasteiger partial charge in [0.1, 0.15) is 17.2 Å². The van der Waals surface area contributed by atoms with Crippen LogP contribution in [0.25, 0.3) is 10.8 Å². The molecule has 2 aliphatic heterocycles. The van der Waals surface area contributed by atoms with Crippen LogP contribution in [0.2, 0.25) is 5.15 Å². The Kier molecular flexibility index (Phi) is 5.26. The molecule has 0 saturated heterocycles. The molecule has 1 unspecified atom stereocenters. The number of hydrogen-bond acceptors (Lipinski definition) is 6. The molecule has 0 fully saturated rings. The maximum Gasteiger partial charge on any atom is 0.156 e. The Bertz CT molecular complexity index is 1180. The molecule has 2 atom stereocenters. The third-order valence-electron chi connectivity index (χ3n) is 5.88. The minimum absolute atomic E-state index is 0.100. The van der Waals surface area contributed by atoms with E-state index in [1.165, 1.54) is 6.26 Å². The first-order chi connectivity index (χ1) is 15.1. The van der Waals surface area contributed by atoms with E-state index in [9.17, 15) is 10.2 Å². The molecular weight excluding hydrogens is 414 g/mol. The van der Waals surface area contributed by atoms with Crippen molar-refractivity contribution in [1.29, 1.82) is 0 Å². The lowest BCUT2D eigenvalue weighted by atomic mass is 9.93. The normalized spacial score (nSPS) is 20.3. The number of rotatable bonds is 4. The van der Waals surface area contributed by atoms with Gasteiger partial charge >= 0.3 is 0 Å². The second-order valence-electron chi connectivity index (χ2n) is 7.90. The van der Waals surface area contributed by atoms with Crippen LogP contribution in [-0.2, 0) is 11.2 Å². The minimum Gasteiger partial charge on any atom is -0.509 e. The highest BCUT2D eigenvalue weighted by molar-refractivity contribution is 6.29. The summed E-state index contributed by atoms with van der Waals surface area (Å²) in [6, 6.07) is 13.9. The number of benzene rings is 2. The van der Waals surface area contributed by atoms with Crippen LogP contribution in [0.3, 0.4) is 0 Å². The molecule has 0 radical (unpaired) electrons. The number of nitrogens with zero attached hydrogens (tertiary/aromatic N) is 3. The summed E-state index contributed by atoms with van der Waals surface area (Å²) >= 11 is 5.93. The van der Waals surface area contributed by atoms with E-state index in [4.69, 9.17) is 16.3 Å². The maximum absolute atomic E-state index is 11.2. The van der Waals surface area contributed by atoms with Crippen molar-refractivity contribution in [1.82, 2.24) is 9.88 Å². The SMILES string of the molecule is OC1=COCC[C@@H]1CN1C=Nc2c(cc(Cc3ccc(Cl)nc3)c3ccccc23)C1O. The van der Waals surface area contributed by atoms with Crippen molar-refractivity contribution in [3.8, 4) is 0 Å². The molecule has 2 aliphatic rings. The number of pyridine rings is 1. The second-order valence-corrected chi connectivity index (χ2v) is 8.29. The van der Waals surface area contributed by atoms with Crippen molar-refractivity contribution < 1.29 is 14.9 Å². The smallest absolute Gasteiger partial charge is 0.156 e. The van der Waals surface area contributed by atoms with Crippen molar-refractivity contribution in [3.63, 3.8) is 0 Å². The van der Waals surface area contributed by atoms with Crippen LogP contribution in [0.15, 0.2) is 65.7 Å². The van der Waals surface area contributed by atoms with E-state index in [1.54, 1.807) is 23.5 Å². The molecule has 0 saturated carbocycles. The van der Waals surface area contributed by atoms with Gasteiger partial charge < -0.3 is 19.8 Å². The van der Waals surface area contributed by atoms with Gasteiger partial charge in [-0.15, -0.1) is 0 Å². The summed E-state index contributed by atoms with van der Waals surface area (Å²) in [5.41, 5.74) is 3.67. The van der Waals surface area contributed by atoms with E-state index in [1.807, 2.05) is 30.3 Å². The lowest BCUT2D eigenvalue weighted by Crippen LogP contribution is -2.36. The predicted molar refractivity (Wildman–Crippen MR) is 121 cm³/mol. The number of halogens is 1. The van der Waals surface area contributed by atoms with Gasteiger partial charge in [-0.2, -0.15) is 0 Å². The molecule has 0 bridgehead atoms. The predicted octanol–water partition coefficient (Wildman–Crippen LogP) is 4.88. The first-order valence-corrected chi connectivity index (χ1v) is 10.6. The van der Waals surface area contributed by atoms with Gasteiger partial charge in [0, 0.05) is 29.6 Å². The molecule has 3 heterocycles. The van der Waals surface area contributed by atoms with Crippen LogP contribution >= 0.6 is 11.6 Å². The molecule has 0 amide bonds. The standard InChI is InChI=1S/C24H22ClN3O3/c25-22-6-5-15(11-26-22)9-17-10-20-23(19-4-2-1-3-18(17)19)27-14-28(24(20)30)12-16-7-8-31-13-21(16)29/h1-6,10-11,13-14,16,24,29-30H,7-9,12H2/t16-,24?/m1/s1. The van der Waals surface area contributed by atoms with Gasteiger partial charge in [-0.05, 0) is 41.5 Å². The minimum atomic E-state index is -0.852. The Labute approximate surface area is 185 Å². The van der Waals surface area contributed by atoms with Gasteiger partial charge in [-0.1, -0.05) is 41.9 Å². The Morgan fingerprint density at radius 2 is 2.00 bits per heavy atom. The number of aliphatic hydroxyl groups excluding tert-OH is 2. The topological polar surface area (TPSA) is 78.2 Å². The fraction of sp³-hybridized carbons (Fsp3) is 0.250. The molecule has 5 rings (SSSR count). The highest BCUT2D eigenvalue weighted by Crippen LogP contribution is 2.40. The first kappa shape index (κ1) is 19.8. The number of aliphatic hydroxyl groups is 2.